The molecule has 23 heavy (non-hydrogen) atoms. The van der Waals surface area contributed by atoms with Crippen molar-refractivity contribution in [2.24, 2.45) is 0 Å². The van der Waals surface area contributed by atoms with E-state index >= 15 is 0 Å². The zero-order valence-electron chi connectivity index (χ0n) is 13.2. The number of hydrogen-bond donors (Lipinski definition) is 2. The van der Waals surface area contributed by atoms with E-state index in [1.165, 1.54) is 13.2 Å². The molecule has 0 saturated heterocycles. The van der Waals surface area contributed by atoms with Crippen molar-refractivity contribution in [3.8, 4) is 5.75 Å². The third-order valence-electron chi connectivity index (χ3n) is 3.38. The quantitative estimate of drug-likeness (QED) is 0.862. The summed E-state index contributed by atoms with van der Waals surface area (Å²) in [6.45, 7) is 3.53. The van der Waals surface area contributed by atoms with Gasteiger partial charge in [-0.05, 0) is 43.2 Å². The second-order valence-corrected chi connectivity index (χ2v) is 5.57. The lowest BCUT2D eigenvalue weighted by molar-refractivity contribution is -0.114. The molecule has 4 nitrogen and oxygen atoms in total. The van der Waals surface area contributed by atoms with E-state index in [-0.39, 0.29) is 18.3 Å². The lowest BCUT2D eigenvalue weighted by atomic mass is 10.2. The van der Waals surface area contributed by atoms with Crippen molar-refractivity contribution in [1.29, 1.82) is 0 Å². The summed E-state index contributed by atoms with van der Waals surface area (Å²) in [4.78, 5) is 12.0. The van der Waals surface area contributed by atoms with Crippen molar-refractivity contribution in [2.45, 2.75) is 13.8 Å². The average Bonchev–Trinajstić information content (AvgIpc) is 2.52. The van der Waals surface area contributed by atoms with Crippen LogP contribution in [0.3, 0.4) is 0 Å². The van der Waals surface area contributed by atoms with Crippen LogP contribution in [0.15, 0.2) is 30.3 Å². The standard InChI is InChI=1S/C17H18ClFN2O2/c1-10-4-5-12(7-14(10)19)20-9-17(22)21-15-6-11(2)13(18)8-16(15)23-3/h4-8,20H,9H2,1-3H3,(H,21,22). The first kappa shape index (κ1) is 17.1. The van der Waals surface area contributed by atoms with Crippen molar-refractivity contribution in [1.82, 2.24) is 0 Å². The third-order valence-corrected chi connectivity index (χ3v) is 3.79. The Balaban J connectivity index is 2.02. The van der Waals surface area contributed by atoms with Gasteiger partial charge in [0.05, 0.1) is 19.3 Å². The molecule has 0 heterocycles. The van der Waals surface area contributed by atoms with Crippen LogP contribution in [-0.4, -0.2) is 19.6 Å². The third kappa shape index (κ3) is 4.36. The summed E-state index contributed by atoms with van der Waals surface area (Å²) in [5.41, 5.74) is 2.47. The monoisotopic (exact) mass is 336 g/mol. The summed E-state index contributed by atoms with van der Waals surface area (Å²) in [5.74, 6) is -0.105. The number of amides is 1. The first-order valence-corrected chi connectivity index (χ1v) is 7.42. The first-order valence-electron chi connectivity index (χ1n) is 7.04. The molecule has 0 aromatic heterocycles. The highest BCUT2D eigenvalue weighted by atomic mass is 35.5. The second-order valence-electron chi connectivity index (χ2n) is 5.17. The fraction of sp³-hybridized carbons (Fsp3) is 0.235. The Kier molecular flexibility index (Phi) is 5.45. The van der Waals surface area contributed by atoms with E-state index in [9.17, 15) is 9.18 Å². The fourth-order valence-corrected chi connectivity index (χ4v) is 2.16. The van der Waals surface area contributed by atoms with Crippen LogP contribution in [0.2, 0.25) is 5.02 Å². The van der Waals surface area contributed by atoms with E-state index in [4.69, 9.17) is 16.3 Å². The minimum absolute atomic E-state index is 0.00727. The molecule has 0 aliphatic rings. The van der Waals surface area contributed by atoms with Crippen LogP contribution >= 0.6 is 11.6 Å². The smallest absolute Gasteiger partial charge is 0.243 e. The molecule has 122 valence electrons. The molecule has 6 heteroatoms. The molecule has 2 N–H and O–H groups in total. The van der Waals surface area contributed by atoms with Gasteiger partial charge in [0, 0.05) is 16.8 Å². The Hall–Kier alpha value is -2.27. The zero-order chi connectivity index (χ0) is 17.0. The fourth-order valence-electron chi connectivity index (χ4n) is 2.01. The molecule has 2 rings (SSSR count). The maximum atomic E-state index is 13.5. The molecule has 0 saturated carbocycles. The maximum absolute atomic E-state index is 13.5. The first-order chi connectivity index (χ1) is 10.9. The molecule has 1 amide bonds. The summed E-state index contributed by atoms with van der Waals surface area (Å²) in [5, 5.41) is 6.19. The number of anilines is 2. The van der Waals surface area contributed by atoms with E-state index in [2.05, 4.69) is 10.6 Å². The highest BCUT2D eigenvalue weighted by molar-refractivity contribution is 6.31. The minimum atomic E-state index is -0.314. The highest BCUT2D eigenvalue weighted by Crippen LogP contribution is 2.30. The van der Waals surface area contributed by atoms with Crippen molar-refractivity contribution in [2.75, 3.05) is 24.3 Å². The van der Waals surface area contributed by atoms with Gasteiger partial charge in [0.1, 0.15) is 11.6 Å². The van der Waals surface area contributed by atoms with Crippen molar-refractivity contribution >= 4 is 28.9 Å². The molecule has 0 unspecified atom stereocenters. The van der Waals surface area contributed by atoms with E-state index in [0.717, 1.165) is 5.56 Å². The van der Waals surface area contributed by atoms with Gasteiger partial charge >= 0.3 is 0 Å². The van der Waals surface area contributed by atoms with Gasteiger partial charge in [-0.25, -0.2) is 4.39 Å². The van der Waals surface area contributed by atoms with Crippen molar-refractivity contribution in [3.63, 3.8) is 0 Å². The number of carbonyl (C=O) groups is 1. The second kappa shape index (κ2) is 7.33. The highest BCUT2D eigenvalue weighted by Gasteiger charge is 2.10. The number of methoxy groups -OCH3 is 1. The predicted molar refractivity (Wildman–Crippen MR) is 91.0 cm³/mol. The van der Waals surface area contributed by atoms with Gasteiger partial charge in [0.25, 0.3) is 0 Å². The summed E-state index contributed by atoms with van der Waals surface area (Å²) in [7, 11) is 1.50. The molecule has 2 aromatic rings. The van der Waals surface area contributed by atoms with E-state index in [1.54, 1.807) is 31.2 Å². The van der Waals surface area contributed by atoms with Gasteiger partial charge in [0.2, 0.25) is 5.91 Å². The topological polar surface area (TPSA) is 50.4 Å². The van der Waals surface area contributed by atoms with Crippen molar-refractivity contribution in [3.05, 3.63) is 52.3 Å². The maximum Gasteiger partial charge on any atom is 0.243 e. The van der Waals surface area contributed by atoms with Crippen LogP contribution in [-0.2, 0) is 4.79 Å². The summed E-state index contributed by atoms with van der Waals surface area (Å²) in [6.07, 6.45) is 0. The number of nitrogens with one attached hydrogen (secondary N) is 2. The summed E-state index contributed by atoms with van der Waals surface area (Å²) >= 11 is 6.03. The molecule has 0 atom stereocenters. The number of hydrogen-bond acceptors (Lipinski definition) is 3. The SMILES string of the molecule is COc1cc(Cl)c(C)cc1NC(=O)CNc1ccc(C)c(F)c1. The van der Waals surface area contributed by atoms with Crippen LogP contribution in [0, 0.1) is 19.7 Å². The van der Waals surface area contributed by atoms with Gasteiger partial charge in [-0.15, -0.1) is 0 Å². The number of halogens is 2. The lowest BCUT2D eigenvalue weighted by Crippen LogP contribution is -2.22. The Morgan fingerprint density at radius 2 is 1.96 bits per heavy atom. The molecule has 0 aliphatic carbocycles. The molecule has 0 radical (unpaired) electrons. The molecular formula is C17H18ClFN2O2. The summed E-state index contributed by atoms with van der Waals surface area (Å²) in [6, 6.07) is 8.12. The van der Waals surface area contributed by atoms with Crippen LogP contribution in [0.1, 0.15) is 11.1 Å². The van der Waals surface area contributed by atoms with Crippen LogP contribution in [0.5, 0.6) is 5.75 Å². The molecule has 0 spiro atoms. The number of benzene rings is 2. The Labute approximate surface area is 139 Å². The number of carbonyl (C=O) groups excluding carboxylic acids is 1. The van der Waals surface area contributed by atoms with E-state index in [1.807, 2.05) is 6.92 Å². The van der Waals surface area contributed by atoms with E-state index in [0.29, 0.717) is 27.7 Å². The van der Waals surface area contributed by atoms with Crippen LogP contribution in [0.4, 0.5) is 15.8 Å². The molecule has 0 aliphatic heterocycles. The Morgan fingerprint density at radius 1 is 1.22 bits per heavy atom. The largest absolute Gasteiger partial charge is 0.495 e. The van der Waals surface area contributed by atoms with Gasteiger partial charge in [-0.1, -0.05) is 17.7 Å². The molecular weight excluding hydrogens is 319 g/mol. The van der Waals surface area contributed by atoms with Crippen molar-refractivity contribution < 1.29 is 13.9 Å². The number of ether oxygens (including phenoxy) is 1. The van der Waals surface area contributed by atoms with Crippen LogP contribution < -0.4 is 15.4 Å². The number of aryl methyl sites for hydroxylation is 2. The van der Waals surface area contributed by atoms with Gasteiger partial charge in [0.15, 0.2) is 0 Å². The van der Waals surface area contributed by atoms with E-state index < -0.39 is 0 Å². The summed E-state index contributed by atoms with van der Waals surface area (Å²) < 4.78 is 18.7. The van der Waals surface area contributed by atoms with Gasteiger partial charge < -0.3 is 15.4 Å². The van der Waals surface area contributed by atoms with Gasteiger partial charge in [-0.2, -0.15) is 0 Å². The van der Waals surface area contributed by atoms with Gasteiger partial charge in [-0.3, -0.25) is 4.79 Å². The Morgan fingerprint density at radius 3 is 2.61 bits per heavy atom. The lowest BCUT2D eigenvalue weighted by Gasteiger charge is -2.13. The zero-order valence-corrected chi connectivity index (χ0v) is 13.9. The normalized spacial score (nSPS) is 10.3. The predicted octanol–water partition coefficient (Wildman–Crippen LogP) is 4.16. The average molecular weight is 337 g/mol. The molecule has 2 aromatic carbocycles. The Bertz CT molecular complexity index is 735. The number of rotatable bonds is 5. The molecule has 0 fully saturated rings. The minimum Gasteiger partial charge on any atom is -0.495 e. The molecule has 0 bridgehead atoms. The van der Waals surface area contributed by atoms with Crippen LogP contribution in [0.25, 0.3) is 0 Å².